The van der Waals surface area contributed by atoms with Gasteiger partial charge in [0, 0.05) is 25.1 Å². The van der Waals surface area contributed by atoms with Crippen molar-refractivity contribution < 1.29 is 9.66 Å². The fraction of sp³-hybridized carbons (Fsp3) is 0.286. The largest absolute Gasteiger partial charge is 0.439 e. The summed E-state index contributed by atoms with van der Waals surface area (Å²) in [5.41, 5.74) is -0.0283. The van der Waals surface area contributed by atoms with Crippen molar-refractivity contribution in [2.75, 3.05) is 12.4 Å². The normalized spacial score (nSPS) is 10.5. The number of hydrogen-bond donors (Lipinski definition) is 1. The molecule has 0 aliphatic rings. The van der Waals surface area contributed by atoms with E-state index < -0.39 is 4.92 Å². The summed E-state index contributed by atoms with van der Waals surface area (Å²) in [4.78, 5) is 18.9. The van der Waals surface area contributed by atoms with Crippen LogP contribution >= 0.6 is 0 Å². The molecule has 7 nitrogen and oxygen atoms in total. The zero-order valence-electron chi connectivity index (χ0n) is 12.0. The summed E-state index contributed by atoms with van der Waals surface area (Å²) in [6, 6.07) is 7.62. The Balaban J connectivity index is 2.32. The Labute approximate surface area is 122 Å². The number of ether oxygens (including phenoxy) is 1. The first kappa shape index (κ1) is 14.7. The number of nitrogens with one attached hydrogen (secondary N) is 1. The summed E-state index contributed by atoms with van der Waals surface area (Å²) in [6.45, 7) is 3.96. The average molecular weight is 288 g/mol. The predicted molar refractivity (Wildman–Crippen MR) is 78.8 cm³/mol. The molecule has 0 aliphatic heterocycles. The highest BCUT2D eigenvalue weighted by Gasteiger charge is 2.11. The third kappa shape index (κ3) is 3.65. The topological polar surface area (TPSA) is 90.2 Å². The zero-order chi connectivity index (χ0) is 15.4. The number of nitrogens with zero attached hydrogens (tertiary/aromatic N) is 3. The van der Waals surface area contributed by atoms with Gasteiger partial charge in [-0.15, -0.1) is 0 Å². The van der Waals surface area contributed by atoms with Crippen molar-refractivity contribution in [1.82, 2.24) is 9.97 Å². The highest BCUT2D eigenvalue weighted by molar-refractivity contribution is 5.42. The summed E-state index contributed by atoms with van der Waals surface area (Å²) >= 11 is 0. The molecule has 0 unspecified atom stereocenters. The molecule has 1 aromatic heterocycles. The van der Waals surface area contributed by atoms with Crippen molar-refractivity contribution in [2.24, 2.45) is 0 Å². The predicted octanol–water partition coefficient (Wildman–Crippen LogP) is 3.34. The Hall–Kier alpha value is -2.70. The van der Waals surface area contributed by atoms with Crippen molar-refractivity contribution >= 4 is 11.5 Å². The van der Waals surface area contributed by atoms with Crippen molar-refractivity contribution in [3.05, 3.63) is 46.3 Å². The second-order valence-corrected chi connectivity index (χ2v) is 4.71. The molecule has 0 saturated heterocycles. The maximum Gasteiger partial charge on any atom is 0.273 e. The third-order valence-electron chi connectivity index (χ3n) is 2.74. The molecule has 110 valence electrons. The van der Waals surface area contributed by atoms with E-state index in [2.05, 4.69) is 15.3 Å². The van der Waals surface area contributed by atoms with E-state index in [0.717, 1.165) is 0 Å². The van der Waals surface area contributed by atoms with Gasteiger partial charge in [0.1, 0.15) is 17.4 Å². The number of rotatable bonds is 5. The van der Waals surface area contributed by atoms with Crippen LogP contribution < -0.4 is 10.1 Å². The Kier molecular flexibility index (Phi) is 4.32. The van der Waals surface area contributed by atoms with E-state index in [-0.39, 0.29) is 11.6 Å². The molecule has 0 atom stereocenters. The minimum atomic E-state index is -0.467. The molecule has 0 spiro atoms. The molecule has 1 aromatic carbocycles. The number of aromatic nitrogens is 2. The number of nitro groups is 1. The number of hydrogen-bond acceptors (Lipinski definition) is 6. The van der Waals surface area contributed by atoms with Gasteiger partial charge < -0.3 is 10.1 Å². The first-order chi connectivity index (χ1) is 9.99. The molecule has 0 radical (unpaired) electrons. The lowest BCUT2D eigenvalue weighted by atomic mass is 10.2. The van der Waals surface area contributed by atoms with Gasteiger partial charge in [-0.25, -0.2) is 4.98 Å². The molecule has 0 bridgehead atoms. The SMILES string of the molecule is CNc1cc(Oc2cccc([N+](=O)[O-])c2)nc(C(C)C)n1. The molecule has 0 aliphatic carbocycles. The van der Waals surface area contributed by atoms with Gasteiger partial charge >= 0.3 is 0 Å². The van der Waals surface area contributed by atoms with Gasteiger partial charge in [0.25, 0.3) is 5.69 Å². The van der Waals surface area contributed by atoms with Crippen LogP contribution in [0, 0.1) is 10.1 Å². The lowest BCUT2D eigenvalue weighted by Gasteiger charge is -2.10. The quantitative estimate of drug-likeness (QED) is 0.670. The van der Waals surface area contributed by atoms with Gasteiger partial charge in [-0.05, 0) is 6.07 Å². The minimum absolute atomic E-state index is 0.0283. The van der Waals surface area contributed by atoms with E-state index in [0.29, 0.717) is 23.3 Å². The maximum atomic E-state index is 10.8. The van der Waals surface area contributed by atoms with Gasteiger partial charge in [0.15, 0.2) is 0 Å². The number of non-ortho nitro benzene ring substituents is 1. The zero-order valence-corrected chi connectivity index (χ0v) is 12.0. The smallest absolute Gasteiger partial charge is 0.273 e. The molecule has 1 heterocycles. The van der Waals surface area contributed by atoms with E-state index in [1.165, 1.54) is 12.1 Å². The van der Waals surface area contributed by atoms with Crippen LogP contribution in [-0.2, 0) is 0 Å². The highest BCUT2D eigenvalue weighted by Crippen LogP contribution is 2.26. The van der Waals surface area contributed by atoms with E-state index in [9.17, 15) is 10.1 Å². The summed E-state index contributed by atoms with van der Waals surface area (Å²) in [7, 11) is 1.75. The van der Waals surface area contributed by atoms with Crippen molar-refractivity contribution in [1.29, 1.82) is 0 Å². The Bertz CT molecular complexity index is 658. The van der Waals surface area contributed by atoms with Crippen LogP contribution in [0.2, 0.25) is 0 Å². The summed E-state index contributed by atoms with van der Waals surface area (Å²) in [5, 5.41) is 13.7. The summed E-state index contributed by atoms with van der Waals surface area (Å²) in [6.07, 6.45) is 0. The van der Waals surface area contributed by atoms with Gasteiger partial charge in [0.2, 0.25) is 5.88 Å². The Morgan fingerprint density at radius 2 is 2.05 bits per heavy atom. The monoisotopic (exact) mass is 288 g/mol. The molecule has 2 rings (SSSR count). The minimum Gasteiger partial charge on any atom is -0.439 e. The van der Waals surface area contributed by atoms with Crippen LogP contribution in [0.1, 0.15) is 25.6 Å². The van der Waals surface area contributed by atoms with Gasteiger partial charge in [0.05, 0.1) is 11.0 Å². The number of nitro benzene ring substituents is 1. The van der Waals surface area contributed by atoms with Crippen LogP contribution in [0.3, 0.4) is 0 Å². The molecular weight excluding hydrogens is 272 g/mol. The maximum absolute atomic E-state index is 10.8. The van der Waals surface area contributed by atoms with Gasteiger partial charge in [-0.1, -0.05) is 19.9 Å². The molecule has 0 saturated carbocycles. The van der Waals surface area contributed by atoms with Gasteiger partial charge in [-0.2, -0.15) is 4.98 Å². The fourth-order valence-electron chi connectivity index (χ4n) is 1.66. The van der Waals surface area contributed by atoms with Crippen molar-refractivity contribution in [3.8, 4) is 11.6 Å². The summed E-state index contributed by atoms with van der Waals surface area (Å²) < 4.78 is 5.61. The van der Waals surface area contributed by atoms with Crippen LogP contribution in [0.25, 0.3) is 0 Å². The highest BCUT2D eigenvalue weighted by atomic mass is 16.6. The fourth-order valence-corrected chi connectivity index (χ4v) is 1.66. The molecule has 21 heavy (non-hydrogen) atoms. The second-order valence-electron chi connectivity index (χ2n) is 4.71. The van der Waals surface area contributed by atoms with E-state index in [1.54, 1.807) is 25.2 Å². The van der Waals surface area contributed by atoms with Gasteiger partial charge in [-0.3, -0.25) is 10.1 Å². The summed E-state index contributed by atoms with van der Waals surface area (Å²) in [5.74, 6) is 2.13. The average Bonchev–Trinajstić information content (AvgIpc) is 2.47. The standard InChI is InChI=1S/C14H16N4O3/c1-9(2)14-16-12(15-3)8-13(17-14)21-11-6-4-5-10(7-11)18(19)20/h4-9H,1-3H3,(H,15,16,17). The second kappa shape index (κ2) is 6.17. The van der Waals surface area contributed by atoms with E-state index in [1.807, 2.05) is 13.8 Å². The van der Waals surface area contributed by atoms with E-state index in [4.69, 9.17) is 4.74 Å². The molecule has 1 N–H and O–H groups in total. The number of anilines is 1. The Morgan fingerprint density at radius 3 is 2.67 bits per heavy atom. The lowest BCUT2D eigenvalue weighted by Crippen LogP contribution is -2.03. The first-order valence-electron chi connectivity index (χ1n) is 6.48. The van der Waals surface area contributed by atoms with Crippen LogP contribution in [0.5, 0.6) is 11.6 Å². The van der Waals surface area contributed by atoms with Crippen LogP contribution in [-0.4, -0.2) is 21.9 Å². The number of benzene rings is 1. The molecule has 7 heteroatoms. The van der Waals surface area contributed by atoms with Crippen molar-refractivity contribution in [2.45, 2.75) is 19.8 Å². The lowest BCUT2D eigenvalue weighted by molar-refractivity contribution is -0.384. The molecular formula is C14H16N4O3. The Morgan fingerprint density at radius 1 is 1.29 bits per heavy atom. The molecule has 0 fully saturated rings. The third-order valence-corrected chi connectivity index (χ3v) is 2.74. The first-order valence-corrected chi connectivity index (χ1v) is 6.48. The van der Waals surface area contributed by atoms with Crippen LogP contribution in [0.15, 0.2) is 30.3 Å². The van der Waals surface area contributed by atoms with Crippen LogP contribution in [0.4, 0.5) is 11.5 Å². The van der Waals surface area contributed by atoms with E-state index >= 15 is 0 Å². The molecule has 0 amide bonds. The van der Waals surface area contributed by atoms with Crippen molar-refractivity contribution in [3.63, 3.8) is 0 Å². The molecule has 2 aromatic rings.